The highest BCUT2D eigenvalue weighted by Crippen LogP contribution is 2.23. The summed E-state index contributed by atoms with van der Waals surface area (Å²) in [5.74, 6) is -0.593. The van der Waals surface area contributed by atoms with E-state index in [4.69, 9.17) is 4.74 Å². The van der Waals surface area contributed by atoms with E-state index in [9.17, 15) is 19.6 Å². The van der Waals surface area contributed by atoms with Crippen molar-refractivity contribution in [2.24, 2.45) is 0 Å². The van der Waals surface area contributed by atoms with Crippen molar-refractivity contribution < 1.29 is 19.1 Å². The third kappa shape index (κ3) is 6.07. The molecule has 8 nitrogen and oxygen atoms in total. The maximum Gasteiger partial charge on any atom is 0.408 e. The van der Waals surface area contributed by atoms with Crippen LogP contribution in [0.5, 0.6) is 0 Å². The molecule has 0 bridgehead atoms. The van der Waals surface area contributed by atoms with Crippen LogP contribution in [-0.4, -0.2) is 47.0 Å². The molecule has 0 saturated carbocycles. The summed E-state index contributed by atoms with van der Waals surface area (Å²) in [5, 5.41) is 14.9. The van der Waals surface area contributed by atoms with E-state index in [2.05, 4.69) is 23.3 Å². The summed E-state index contributed by atoms with van der Waals surface area (Å²) in [6, 6.07) is 8.59. The Balaban J connectivity index is 2.09. The van der Waals surface area contributed by atoms with Gasteiger partial charge in [-0.3, -0.25) is 9.59 Å². The Morgan fingerprint density at radius 3 is 2.48 bits per heavy atom. The van der Waals surface area contributed by atoms with Gasteiger partial charge < -0.3 is 20.3 Å². The van der Waals surface area contributed by atoms with Crippen LogP contribution < -0.4 is 10.6 Å². The summed E-state index contributed by atoms with van der Waals surface area (Å²) < 4.78 is 5.26. The fraction of sp³-hybridized carbons (Fsp3) is 0.429. The minimum atomic E-state index is -1.20. The van der Waals surface area contributed by atoms with Gasteiger partial charge in [0, 0.05) is 17.8 Å². The van der Waals surface area contributed by atoms with Crippen molar-refractivity contribution in [3.05, 3.63) is 42.5 Å². The Bertz CT molecular complexity index is 836. The van der Waals surface area contributed by atoms with E-state index in [1.165, 1.54) is 0 Å². The third-order valence-electron chi connectivity index (χ3n) is 4.32. The molecule has 1 aliphatic heterocycles. The SMILES string of the molecule is C=CC(=O)Nc1ccc(C(=O)N2CCCC(C#N)(NC(=O)OC(C)(C)C)C2)cc1. The van der Waals surface area contributed by atoms with Crippen LogP contribution in [0.2, 0.25) is 0 Å². The van der Waals surface area contributed by atoms with Crippen LogP contribution in [-0.2, 0) is 9.53 Å². The van der Waals surface area contributed by atoms with Gasteiger partial charge in [-0.2, -0.15) is 5.26 Å². The predicted molar refractivity (Wildman–Crippen MR) is 108 cm³/mol. The van der Waals surface area contributed by atoms with Gasteiger partial charge in [-0.25, -0.2) is 4.79 Å². The molecule has 1 unspecified atom stereocenters. The first-order valence-corrected chi connectivity index (χ1v) is 9.33. The second-order valence-corrected chi connectivity index (χ2v) is 7.92. The fourth-order valence-electron chi connectivity index (χ4n) is 3.02. The number of ether oxygens (including phenoxy) is 1. The smallest absolute Gasteiger partial charge is 0.408 e. The highest BCUT2D eigenvalue weighted by Gasteiger charge is 2.40. The van der Waals surface area contributed by atoms with E-state index in [1.807, 2.05) is 0 Å². The topological polar surface area (TPSA) is 112 Å². The number of likely N-dealkylation sites (tertiary alicyclic amines) is 1. The van der Waals surface area contributed by atoms with Gasteiger partial charge in [0.1, 0.15) is 11.1 Å². The number of alkyl carbamates (subject to hydrolysis) is 1. The van der Waals surface area contributed by atoms with E-state index in [0.29, 0.717) is 30.6 Å². The molecular weight excluding hydrogens is 372 g/mol. The summed E-state index contributed by atoms with van der Waals surface area (Å²) in [6.45, 7) is 9.15. The van der Waals surface area contributed by atoms with E-state index in [1.54, 1.807) is 49.9 Å². The molecule has 2 rings (SSSR count). The Morgan fingerprint density at radius 1 is 1.28 bits per heavy atom. The average Bonchev–Trinajstić information content (AvgIpc) is 2.66. The average molecular weight is 398 g/mol. The van der Waals surface area contributed by atoms with E-state index in [0.717, 1.165) is 6.08 Å². The van der Waals surface area contributed by atoms with Gasteiger partial charge in [-0.15, -0.1) is 0 Å². The quantitative estimate of drug-likeness (QED) is 0.758. The summed E-state index contributed by atoms with van der Waals surface area (Å²) >= 11 is 0. The van der Waals surface area contributed by atoms with Crippen LogP contribution in [0.3, 0.4) is 0 Å². The van der Waals surface area contributed by atoms with Gasteiger partial charge in [-0.05, 0) is 64.0 Å². The number of carbonyl (C=O) groups is 3. The lowest BCUT2D eigenvalue weighted by molar-refractivity contribution is -0.111. The molecule has 8 heteroatoms. The van der Waals surface area contributed by atoms with Crippen LogP contribution in [0.25, 0.3) is 0 Å². The van der Waals surface area contributed by atoms with Gasteiger partial charge in [0.2, 0.25) is 5.91 Å². The maximum absolute atomic E-state index is 12.9. The van der Waals surface area contributed by atoms with Crippen LogP contribution in [0.1, 0.15) is 44.0 Å². The lowest BCUT2D eigenvalue weighted by atomic mass is 9.90. The zero-order valence-corrected chi connectivity index (χ0v) is 16.9. The largest absolute Gasteiger partial charge is 0.444 e. The molecule has 154 valence electrons. The van der Waals surface area contributed by atoms with Crippen molar-refractivity contribution in [3.63, 3.8) is 0 Å². The Kier molecular flexibility index (Phi) is 6.64. The number of piperidine rings is 1. The van der Waals surface area contributed by atoms with E-state index in [-0.39, 0.29) is 18.4 Å². The minimum absolute atomic E-state index is 0.0660. The number of rotatable bonds is 4. The third-order valence-corrected chi connectivity index (χ3v) is 4.32. The zero-order chi connectivity index (χ0) is 21.7. The number of carbonyl (C=O) groups excluding carboxylic acids is 3. The molecule has 0 radical (unpaired) electrons. The molecule has 1 heterocycles. The van der Waals surface area contributed by atoms with Crippen LogP contribution >= 0.6 is 0 Å². The molecule has 1 atom stereocenters. The van der Waals surface area contributed by atoms with Gasteiger partial charge in [0.15, 0.2) is 0 Å². The number of amides is 3. The van der Waals surface area contributed by atoms with Gasteiger partial charge in [0.25, 0.3) is 5.91 Å². The molecule has 0 aliphatic carbocycles. The number of hydrogen-bond acceptors (Lipinski definition) is 5. The Morgan fingerprint density at radius 2 is 1.93 bits per heavy atom. The van der Waals surface area contributed by atoms with E-state index < -0.39 is 17.2 Å². The second-order valence-electron chi connectivity index (χ2n) is 7.92. The first-order valence-electron chi connectivity index (χ1n) is 9.33. The normalized spacial score (nSPS) is 18.9. The number of nitrogens with one attached hydrogen (secondary N) is 2. The predicted octanol–water partition coefficient (Wildman–Crippen LogP) is 2.83. The lowest BCUT2D eigenvalue weighted by Gasteiger charge is -2.39. The molecular formula is C21H26N4O4. The molecule has 3 amide bonds. The first kappa shape index (κ1) is 22.0. The number of nitriles is 1. The van der Waals surface area contributed by atoms with Crippen molar-refractivity contribution in [2.75, 3.05) is 18.4 Å². The van der Waals surface area contributed by atoms with Crippen molar-refractivity contribution in [1.29, 1.82) is 5.26 Å². The number of nitrogens with zero attached hydrogens (tertiary/aromatic N) is 2. The second kappa shape index (κ2) is 8.78. The fourth-order valence-corrected chi connectivity index (χ4v) is 3.02. The van der Waals surface area contributed by atoms with Crippen LogP contribution in [0.15, 0.2) is 36.9 Å². The van der Waals surface area contributed by atoms with Crippen molar-refractivity contribution >= 4 is 23.6 Å². The van der Waals surface area contributed by atoms with Gasteiger partial charge in [0.05, 0.1) is 12.6 Å². The summed E-state index contributed by atoms with van der Waals surface area (Å²) in [4.78, 5) is 37.9. The monoisotopic (exact) mass is 398 g/mol. The summed E-state index contributed by atoms with van der Waals surface area (Å²) in [6.07, 6.45) is 1.48. The van der Waals surface area contributed by atoms with Crippen molar-refractivity contribution in [1.82, 2.24) is 10.2 Å². The van der Waals surface area contributed by atoms with Gasteiger partial charge in [-0.1, -0.05) is 6.58 Å². The number of benzene rings is 1. The van der Waals surface area contributed by atoms with Crippen LogP contribution in [0, 0.1) is 11.3 Å². The summed E-state index contributed by atoms with van der Waals surface area (Å²) in [5.41, 5.74) is -0.919. The highest BCUT2D eigenvalue weighted by molar-refractivity contribution is 5.99. The van der Waals surface area contributed by atoms with Crippen molar-refractivity contribution in [2.45, 2.75) is 44.8 Å². The molecule has 2 N–H and O–H groups in total. The van der Waals surface area contributed by atoms with Crippen LogP contribution in [0.4, 0.5) is 10.5 Å². The van der Waals surface area contributed by atoms with Crippen molar-refractivity contribution in [3.8, 4) is 6.07 Å². The molecule has 1 aromatic rings. The highest BCUT2D eigenvalue weighted by atomic mass is 16.6. The Hall–Kier alpha value is -3.34. The molecule has 1 fully saturated rings. The molecule has 1 aliphatic rings. The van der Waals surface area contributed by atoms with E-state index >= 15 is 0 Å². The molecule has 0 aromatic heterocycles. The van der Waals surface area contributed by atoms with Gasteiger partial charge >= 0.3 is 6.09 Å². The lowest BCUT2D eigenvalue weighted by Crippen LogP contribution is -2.59. The zero-order valence-electron chi connectivity index (χ0n) is 16.9. The maximum atomic E-state index is 12.9. The number of anilines is 1. The Labute approximate surface area is 170 Å². The molecule has 0 spiro atoms. The minimum Gasteiger partial charge on any atom is -0.444 e. The first-order chi connectivity index (χ1) is 13.6. The number of hydrogen-bond donors (Lipinski definition) is 2. The molecule has 29 heavy (non-hydrogen) atoms. The standard InChI is InChI=1S/C21H26N4O4/c1-5-17(26)23-16-9-7-15(8-10-16)18(27)25-12-6-11-21(13-22,14-25)24-19(28)29-20(2,3)4/h5,7-10H,1,6,11-12,14H2,2-4H3,(H,23,26)(H,24,28). The molecule has 1 aromatic carbocycles. The molecule has 1 saturated heterocycles. The summed E-state index contributed by atoms with van der Waals surface area (Å²) in [7, 11) is 0.